The number of benzene rings is 2. The average Bonchev–Trinajstić information content (AvgIpc) is 3.22. The molecule has 7 heteroatoms. The number of ether oxygens (including phenoxy) is 1. The fourth-order valence-electron chi connectivity index (χ4n) is 3.39. The average molecular weight is 428 g/mol. The third-order valence-corrected chi connectivity index (χ3v) is 5.01. The molecule has 4 rings (SSSR count). The number of aryl methyl sites for hydroxylation is 1. The van der Waals surface area contributed by atoms with E-state index < -0.39 is 0 Å². The minimum atomic E-state index is -0.319. The molecule has 0 aliphatic rings. The Balaban J connectivity index is 1.50. The first-order valence-corrected chi connectivity index (χ1v) is 10.2. The number of carbonyl (C=O) groups excluding carboxylic acids is 2. The molecule has 1 N–H and O–H groups in total. The number of hydrogen-bond donors (Lipinski definition) is 1. The highest BCUT2D eigenvalue weighted by Crippen LogP contribution is 2.22. The molecule has 2 aromatic carbocycles. The topological polar surface area (TPSA) is 75.9 Å². The van der Waals surface area contributed by atoms with Gasteiger partial charge in [0.25, 0.3) is 11.8 Å². The van der Waals surface area contributed by atoms with Gasteiger partial charge in [-0.05, 0) is 48.9 Å². The summed E-state index contributed by atoms with van der Waals surface area (Å²) in [5.74, 6) is 0.00715. The molecule has 0 aliphatic carbocycles. The zero-order valence-corrected chi connectivity index (χ0v) is 18.2. The second kappa shape index (κ2) is 8.93. The number of imidazole rings is 1. The zero-order chi connectivity index (χ0) is 22.7. The van der Waals surface area contributed by atoms with Crippen molar-refractivity contribution in [2.24, 2.45) is 0 Å². The summed E-state index contributed by atoms with van der Waals surface area (Å²) in [6, 6.07) is 17.9. The van der Waals surface area contributed by atoms with Crippen molar-refractivity contribution in [1.82, 2.24) is 14.3 Å². The maximum Gasteiger partial charge on any atom is 0.259 e. The van der Waals surface area contributed by atoms with Crippen LogP contribution < -0.4 is 10.1 Å². The third-order valence-electron chi connectivity index (χ3n) is 5.01. The normalized spacial score (nSPS) is 10.7. The van der Waals surface area contributed by atoms with E-state index in [4.69, 9.17) is 4.74 Å². The Morgan fingerprint density at radius 3 is 2.66 bits per heavy atom. The molecule has 7 nitrogen and oxygen atoms in total. The first-order valence-electron chi connectivity index (χ1n) is 10.2. The molecule has 0 saturated carbocycles. The van der Waals surface area contributed by atoms with Crippen molar-refractivity contribution in [2.75, 3.05) is 19.4 Å². The largest absolute Gasteiger partial charge is 0.486 e. The van der Waals surface area contributed by atoms with Gasteiger partial charge in [0.1, 0.15) is 18.0 Å². The van der Waals surface area contributed by atoms with E-state index in [0.29, 0.717) is 22.6 Å². The maximum absolute atomic E-state index is 12.9. The second-order valence-electron chi connectivity index (χ2n) is 7.67. The summed E-state index contributed by atoms with van der Waals surface area (Å²) in [4.78, 5) is 31.2. The van der Waals surface area contributed by atoms with Crippen LogP contribution in [-0.4, -0.2) is 40.2 Å². The van der Waals surface area contributed by atoms with Gasteiger partial charge in [-0.25, -0.2) is 4.98 Å². The van der Waals surface area contributed by atoms with Crippen molar-refractivity contribution >= 4 is 23.1 Å². The van der Waals surface area contributed by atoms with Crippen molar-refractivity contribution in [1.29, 1.82) is 0 Å². The molecule has 0 fully saturated rings. The molecule has 0 saturated heterocycles. The summed E-state index contributed by atoms with van der Waals surface area (Å²) in [6.45, 7) is 2.24. The summed E-state index contributed by atoms with van der Waals surface area (Å²) >= 11 is 0. The summed E-state index contributed by atoms with van der Waals surface area (Å²) < 4.78 is 7.90. The first kappa shape index (κ1) is 21.1. The van der Waals surface area contributed by atoms with Gasteiger partial charge in [0.2, 0.25) is 0 Å². The van der Waals surface area contributed by atoms with Crippen LogP contribution in [0.15, 0.2) is 73.1 Å². The number of para-hydroxylation sites is 1. The van der Waals surface area contributed by atoms with Gasteiger partial charge in [-0.2, -0.15) is 0 Å². The van der Waals surface area contributed by atoms with Crippen LogP contribution in [0.3, 0.4) is 0 Å². The highest BCUT2D eigenvalue weighted by atomic mass is 16.5. The lowest BCUT2D eigenvalue weighted by Gasteiger charge is -2.13. The quantitative estimate of drug-likeness (QED) is 0.500. The van der Waals surface area contributed by atoms with Gasteiger partial charge in [-0.3, -0.25) is 9.59 Å². The van der Waals surface area contributed by atoms with Crippen LogP contribution in [0.1, 0.15) is 32.0 Å². The first-order chi connectivity index (χ1) is 15.4. The molecule has 4 aromatic rings. The van der Waals surface area contributed by atoms with Crippen molar-refractivity contribution in [2.45, 2.75) is 13.5 Å². The zero-order valence-electron chi connectivity index (χ0n) is 18.2. The lowest BCUT2D eigenvalue weighted by atomic mass is 10.1. The molecule has 0 unspecified atom stereocenters. The van der Waals surface area contributed by atoms with Crippen LogP contribution in [0.25, 0.3) is 5.65 Å². The smallest absolute Gasteiger partial charge is 0.259 e. The third kappa shape index (κ3) is 4.46. The van der Waals surface area contributed by atoms with Gasteiger partial charge in [0, 0.05) is 37.7 Å². The van der Waals surface area contributed by atoms with Gasteiger partial charge < -0.3 is 19.4 Å². The van der Waals surface area contributed by atoms with Gasteiger partial charge >= 0.3 is 0 Å². The Morgan fingerprint density at radius 2 is 1.88 bits per heavy atom. The van der Waals surface area contributed by atoms with E-state index in [0.717, 1.165) is 16.9 Å². The van der Waals surface area contributed by atoms with Crippen molar-refractivity contribution < 1.29 is 14.3 Å². The molecule has 0 radical (unpaired) electrons. The monoisotopic (exact) mass is 428 g/mol. The lowest BCUT2D eigenvalue weighted by molar-refractivity contribution is 0.0827. The number of fused-ring (bicyclic) bond motifs is 1. The van der Waals surface area contributed by atoms with Gasteiger partial charge in [0.15, 0.2) is 0 Å². The van der Waals surface area contributed by atoms with Crippen LogP contribution in [0, 0.1) is 6.92 Å². The predicted octanol–water partition coefficient (Wildman–Crippen LogP) is 4.18. The summed E-state index contributed by atoms with van der Waals surface area (Å²) in [5.41, 5.74) is 4.16. The van der Waals surface area contributed by atoms with E-state index >= 15 is 0 Å². The Hall–Kier alpha value is -4.13. The highest BCUT2D eigenvalue weighted by Gasteiger charge is 2.15. The van der Waals surface area contributed by atoms with Crippen LogP contribution >= 0.6 is 0 Å². The predicted molar refractivity (Wildman–Crippen MR) is 123 cm³/mol. The molecule has 162 valence electrons. The number of amides is 2. The molecular formula is C25H24N4O3. The summed E-state index contributed by atoms with van der Waals surface area (Å²) in [7, 11) is 3.37. The van der Waals surface area contributed by atoms with Crippen LogP contribution in [0.5, 0.6) is 5.75 Å². The van der Waals surface area contributed by atoms with Gasteiger partial charge in [-0.1, -0.05) is 24.3 Å². The number of pyridine rings is 1. The van der Waals surface area contributed by atoms with E-state index in [2.05, 4.69) is 10.3 Å². The van der Waals surface area contributed by atoms with E-state index in [1.807, 2.05) is 41.9 Å². The molecule has 2 heterocycles. The van der Waals surface area contributed by atoms with E-state index in [1.165, 1.54) is 4.90 Å². The molecule has 0 bridgehead atoms. The number of hydrogen-bond acceptors (Lipinski definition) is 4. The standard InChI is InChI=1S/C25H24N4O3/c1-17-8-7-13-29-15-20(26-23(17)29)16-32-22-12-5-4-11-21(22)24(30)27-19-10-6-9-18(14-19)25(31)28(2)3/h4-15H,16H2,1-3H3,(H,27,30). The van der Waals surface area contributed by atoms with Crippen LogP contribution in [0.4, 0.5) is 5.69 Å². The summed E-state index contributed by atoms with van der Waals surface area (Å²) in [5, 5.41) is 2.85. The molecule has 2 aromatic heterocycles. The number of anilines is 1. The Bertz CT molecular complexity index is 1290. The number of aromatic nitrogens is 2. The number of nitrogens with zero attached hydrogens (tertiary/aromatic N) is 3. The second-order valence-corrected chi connectivity index (χ2v) is 7.67. The summed E-state index contributed by atoms with van der Waals surface area (Å²) in [6.07, 6.45) is 3.85. The molecule has 0 aliphatic heterocycles. The Labute approximate surface area is 186 Å². The SMILES string of the molecule is Cc1cccn2cc(COc3ccccc3C(=O)Nc3cccc(C(=O)N(C)C)c3)nc12. The van der Waals surface area contributed by atoms with Crippen LogP contribution in [0.2, 0.25) is 0 Å². The fraction of sp³-hybridized carbons (Fsp3) is 0.160. The minimum Gasteiger partial charge on any atom is -0.486 e. The molecule has 32 heavy (non-hydrogen) atoms. The molecule has 0 spiro atoms. The van der Waals surface area contributed by atoms with Crippen molar-refractivity contribution in [3.63, 3.8) is 0 Å². The van der Waals surface area contributed by atoms with E-state index in [1.54, 1.807) is 56.6 Å². The molecular weight excluding hydrogens is 404 g/mol. The minimum absolute atomic E-state index is 0.132. The van der Waals surface area contributed by atoms with E-state index in [-0.39, 0.29) is 18.4 Å². The van der Waals surface area contributed by atoms with Crippen molar-refractivity contribution in [3.8, 4) is 5.75 Å². The van der Waals surface area contributed by atoms with Crippen molar-refractivity contribution in [3.05, 3.63) is 95.4 Å². The number of carbonyl (C=O) groups is 2. The number of rotatable bonds is 6. The molecule has 2 amide bonds. The lowest BCUT2D eigenvalue weighted by Crippen LogP contribution is -2.22. The van der Waals surface area contributed by atoms with Gasteiger partial charge in [0.05, 0.1) is 11.3 Å². The maximum atomic E-state index is 12.9. The van der Waals surface area contributed by atoms with Crippen LogP contribution in [-0.2, 0) is 6.61 Å². The number of nitrogens with one attached hydrogen (secondary N) is 1. The molecule has 0 atom stereocenters. The Morgan fingerprint density at radius 1 is 1.06 bits per heavy atom. The highest BCUT2D eigenvalue weighted by molar-refractivity contribution is 6.06. The van der Waals surface area contributed by atoms with E-state index in [9.17, 15) is 9.59 Å². The van der Waals surface area contributed by atoms with Gasteiger partial charge in [-0.15, -0.1) is 0 Å². The Kier molecular flexibility index (Phi) is 5.89. The fourth-order valence-corrected chi connectivity index (χ4v) is 3.39.